The zero-order chi connectivity index (χ0) is 12.4. The third-order valence-corrected chi connectivity index (χ3v) is 3.89. The van der Waals surface area contributed by atoms with Gasteiger partial charge in [-0.2, -0.15) is 0 Å². The van der Waals surface area contributed by atoms with Crippen molar-refractivity contribution in [1.29, 1.82) is 0 Å². The fraction of sp³-hybridized carbons (Fsp3) is 0.571. The highest BCUT2D eigenvalue weighted by atomic mass is 19.1. The number of rotatable bonds is 2. The van der Waals surface area contributed by atoms with Gasteiger partial charge in [0.25, 0.3) is 0 Å². The Balaban J connectivity index is 2.08. The number of hydrogen-bond acceptors (Lipinski definition) is 2. The van der Waals surface area contributed by atoms with Gasteiger partial charge in [-0.25, -0.2) is 4.39 Å². The largest absolute Gasteiger partial charge is 0.328 e. The van der Waals surface area contributed by atoms with Crippen LogP contribution in [0.4, 0.5) is 4.39 Å². The van der Waals surface area contributed by atoms with Gasteiger partial charge in [-0.15, -0.1) is 0 Å². The van der Waals surface area contributed by atoms with Gasteiger partial charge in [0.1, 0.15) is 5.82 Å². The van der Waals surface area contributed by atoms with Gasteiger partial charge < -0.3 is 11.5 Å². The molecule has 4 N–H and O–H groups in total. The second-order valence-corrected chi connectivity index (χ2v) is 5.21. The molecule has 1 aromatic rings. The second-order valence-electron chi connectivity index (χ2n) is 5.21. The first-order chi connectivity index (χ1) is 8.08. The molecule has 17 heavy (non-hydrogen) atoms. The Morgan fingerprint density at radius 2 is 1.88 bits per heavy atom. The van der Waals surface area contributed by atoms with Gasteiger partial charge >= 0.3 is 0 Å². The lowest BCUT2D eigenvalue weighted by Crippen LogP contribution is -2.31. The zero-order valence-corrected chi connectivity index (χ0v) is 10.3. The monoisotopic (exact) mass is 236 g/mol. The Morgan fingerprint density at radius 1 is 1.24 bits per heavy atom. The molecule has 0 amide bonds. The minimum atomic E-state index is -0.161. The SMILES string of the molecule is Cc1cc(C(N)C2CCC(N)CC2)ccc1F. The normalized spacial score (nSPS) is 26.8. The predicted molar refractivity (Wildman–Crippen MR) is 68.0 cm³/mol. The van der Waals surface area contributed by atoms with Gasteiger partial charge in [0.15, 0.2) is 0 Å². The lowest BCUT2D eigenvalue weighted by atomic mass is 9.79. The van der Waals surface area contributed by atoms with Crippen molar-refractivity contribution >= 4 is 0 Å². The summed E-state index contributed by atoms with van der Waals surface area (Å²) in [6.07, 6.45) is 4.27. The van der Waals surface area contributed by atoms with Crippen LogP contribution >= 0.6 is 0 Å². The molecular formula is C14H21FN2. The average Bonchev–Trinajstić information content (AvgIpc) is 2.33. The van der Waals surface area contributed by atoms with E-state index < -0.39 is 0 Å². The maximum atomic E-state index is 13.2. The van der Waals surface area contributed by atoms with Crippen LogP contribution in [0.3, 0.4) is 0 Å². The Morgan fingerprint density at radius 3 is 2.47 bits per heavy atom. The molecule has 0 heterocycles. The van der Waals surface area contributed by atoms with Crippen molar-refractivity contribution in [3.63, 3.8) is 0 Å². The van der Waals surface area contributed by atoms with Crippen molar-refractivity contribution in [1.82, 2.24) is 0 Å². The molecule has 0 aliphatic heterocycles. The van der Waals surface area contributed by atoms with E-state index >= 15 is 0 Å². The number of hydrogen-bond donors (Lipinski definition) is 2. The van der Waals surface area contributed by atoms with E-state index in [0.29, 0.717) is 17.5 Å². The van der Waals surface area contributed by atoms with Crippen molar-refractivity contribution in [3.05, 3.63) is 35.1 Å². The van der Waals surface area contributed by atoms with Crippen LogP contribution in [0.15, 0.2) is 18.2 Å². The predicted octanol–water partition coefficient (Wildman–Crippen LogP) is 2.65. The second kappa shape index (κ2) is 5.15. The number of aryl methyl sites for hydroxylation is 1. The van der Waals surface area contributed by atoms with Gasteiger partial charge in [-0.3, -0.25) is 0 Å². The smallest absolute Gasteiger partial charge is 0.126 e. The summed E-state index contributed by atoms with van der Waals surface area (Å²) in [5, 5.41) is 0. The summed E-state index contributed by atoms with van der Waals surface area (Å²) in [5.41, 5.74) is 13.9. The molecule has 1 aliphatic rings. The first-order valence-corrected chi connectivity index (χ1v) is 6.35. The van der Waals surface area contributed by atoms with Crippen LogP contribution in [0.1, 0.15) is 42.9 Å². The number of halogens is 1. The van der Waals surface area contributed by atoms with Gasteiger partial charge in [0.05, 0.1) is 0 Å². The van der Waals surface area contributed by atoms with Crippen LogP contribution in [-0.4, -0.2) is 6.04 Å². The lowest BCUT2D eigenvalue weighted by Gasteiger charge is -2.30. The summed E-state index contributed by atoms with van der Waals surface area (Å²) in [6.45, 7) is 1.78. The minimum absolute atomic E-state index is 0.0156. The molecule has 1 unspecified atom stereocenters. The molecule has 1 aromatic carbocycles. The molecular weight excluding hydrogens is 215 g/mol. The third-order valence-electron chi connectivity index (χ3n) is 3.89. The van der Waals surface area contributed by atoms with Crippen LogP contribution in [-0.2, 0) is 0 Å². The fourth-order valence-corrected chi connectivity index (χ4v) is 2.65. The van der Waals surface area contributed by atoms with Crippen molar-refractivity contribution in [2.45, 2.75) is 44.7 Å². The Hall–Kier alpha value is -0.930. The van der Waals surface area contributed by atoms with E-state index in [9.17, 15) is 4.39 Å². The zero-order valence-electron chi connectivity index (χ0n) is 10.3. The van der Waals surface area contributed by atoms with Crippen molar-refractivity contribution in [3.8, 4) is 0 Å². The Labute approximate surface area is 102 Å². The van der Waals surface area contributed by atoms with Crippen molar-refractivity contribution < 1.29 is 4.39 Å². The van der Waals surface area contributed by atoms with Crippen LogP contribution in [0.2, 0.25) is 0 Å². The van der Waals surface area contributed by atoms with E-state index in [4.69, 9.17) is 11.5 Å². The summed E-state index contributed by atoms with van der Waals surface area (Å²) in [5.74, 6) is 0.325. The van der Waals surface area contributed by atoms with E-state index in [2.05, 4.69) is 0 Å². The first kappa shape index (κ1) is 12.5. The van der Waals surface area contributed by atoms with E-state index in [1.165, 1.54) is 6.07 Å². The molecule has 0 aromatic heterocycles. The molecule has 1 aliphatic carbocycles. The molecule has 0 radical (unpaired) electrons. The summed E-state index contributed by atoms with van der Waals surface area (Å²) in [7, 11) is 0. The quantitative estimate of drug-likeness (QED) is 0.829. The minimum Gasteiger partial charge on any atom is -0.328 e. The van der Waals surface area contributed by atoms with Gasteiger partial charge in [0.2, 0.25) is 0 Å². The van der Waals surface area contributed by atoms with Crippen LogP contribution in [0.5, 0.6) is 0 Å². The van der Waals surface area contributed by atoms with Crippen LogP contribution in [0, 0.1) is 18.7 Å². The lowest BCUT2D eigenvalue weighted by molar-refractivity contribution is 0.285. The molecule has 0 spiro atoms. The molecule has 1 atom stereocenters. The fourth-order valence-electron chi connectivity index (χ4n) is 2.65. The standard InChI is InChI=1S/C14H21FN2/c1-9-8-11(4-7-13(9)15)14(17)10-2-5-12(16)6-3-10/h4,7-8,10,12,14H,2-3,5-6,16-17H2,1H3. The highest BCUT2D eigenvalue weighted by molar-refractivity contribution is 5.26. The van der Waals surface area contributed by atoms with Gasteiger partial charge in [-0.1, -0.05) is 12.1 Å². The van der Waals surface area contributed by atoms with E-state index in [-0.39, 0.29) is 11.9 Å². The highest BCUT2D eigenvalue weighted by Crippen LogP contribution is 2.32. The van der Waals surface area contributed by atoms with E-state index in [0.717, 1.165) is 31.2 Å². The van der Waals surface area contributed by atoms with E-state index in [1.54, 1.807) is 6.92 Å². The molecule has 0 bridgehead atoms. The van der Waals surface area contributed by atoms with Crippen LogP contribution < -0.4 is 11.5 Å². The topological polar surface area (TPSA) is 52.0 Å². The summed E-state index contributed by atoms with van der Waals surface area (Å²) >= 11 is 0. The average molecular weight is 236 g/mol. The maximum Gasteiger partial charge on any atom is 0.126 e. The highest BCUT2D eigenvalue weighted by Gasteiger charge is 2.25. The summed E-state index contributed by atoms with van der Waals surface area (Å²) in [4.78, 5) is 0. The molecule has 0 saturated heterocycles. The third kappa shape index (κ3) is 2.85. The maximum absolute atomic E-state index is 13.2. The van der Waals surface area contributed by atoms with Gasteiger partial charge in [-0.05, 0) is 55.7 Å². The Kier molecular flexibility index (Phi) is 3.79. The summed E-state index contributed by atoms with van der Waals surface area (Å²) < 4.78 is 13.2. The number of benzene rings is 1. The summed E-state index contributed by atoms with van der Waals surface area (Å²) in [6, 6.07) is 5.55. The molecule has 2 nitrogen and oxygen atoms in total. The van der Waals surface area contributed by atoms with Crippen molar-refractivity contribution in [2.24, 2.45) is 17.4 Å². The van der Waals surface area contributed by atoms with Crippen LogP contribution in [0.25, 0.3) is 0 Å². The van der Waals surface area contributed by atoms with Gasteiger partial charge in [0, 0.05) is 12.1 Å². The molecule has 94 valence electrons. The molecule has 1 fully saturated rings. The van der Waals surface area contributed by atoms with E-state index in [1.807, 2.05) is 12.1 Å². The molecule has 3 heteroatoms. The van der Waals surface area contributed by atoms with Crippen molar-refractivity contribution in [2.75, 3.05) is 0 Å². The Bertz CT molecular complexity index is 384. The number of nitrogens with two attached hydrogens (primary N) is 2. The molecule has 1 saturated carbocycles. The first-order valence-electron chi connectivity index (χ1n) is 6.35. The molecule has 2 rings (SSSR count).